The molecule has 28 heavy (non-hydrogen) atoms. The number of ether oxygens (including phenoxy) is 1. The first-order valence-corrected chi connectivity index (χ1v) is 10.0. The van der Waals surface area contributed by atoms with Crippen LogP contribution in [0.2, 0.25) is 0 Å². The van der Waals surface area contributed by atoms with E-state index in [1.54, 1.807) is 18.0 Å². The van der Waals surface area contributed by atoms with Crippen LogP contribution in [0, 0.1) is 12.8 Å². The number of aromatic nitrogens is 2. The number of piperidine rings is 1. The molecule has 2 heterocycles. The van der Waals surface area contributed by atoms with Crippen molar-refractivity contribution in [1.29, 1.82) is 0 Å². The van der Waals surface area contributed by atoms with Crippen LogP contribution in [0.25, 0.3) is 5.69 Å². The minimum absolute atomic E-state index is 0.0592. The zero-order valence-electron chi connectivity index (χ0n) is 17.1. The normalized spacial score (nSPS) is 17.0. The molecule has 150 valence electrons. The van der Waals surface area contributed by atoms with Crippen molar-refractivity contribution in [3.8, 4) is 5.69 Å². The molecule has 1 aromatic heterocycles. The Balaban J connectivity index is 1.87. The molecule has 0 unspecified atom stereocenters. The molecule has 1 fully saturated rings. The Bertz CT molecular complexity index is 839. The molecule has 0 bridgehead atoms. The Labute approximate surface area is 166 Å². The first kappa shape index (κ1) is 20.1. The molecule has 1 saturated heterocycles. The van der Waals surface area contributed by atoms with E-state index in [9.17, 15) is 9.59 Å². The van der Waals surface area contributed by atoms with Crippen LogP contribution in [-0.4, -0.2) is 46.3 Å². The van der Waals surface area contributed by atoms with Crippen molar-refractivity contribution in [2.75, 3.05) is 19.7 Å². The minimum atomic E-state index is -0.243. The second-order valence-corrected chi connectivity index (χ2v) is 7.69. The van der Waals surface area contributed by atoms with Crippen LogP contribution in [0.15, 0.2) is 30.5 Å². The van der Waals surface area contributed by atoms with Gasteiger partial charge in [-0.2, -0.15) is 5.10 Å². The summed E-state index contributed by atoms with van der Waals surface area (Å²) in [5.41, 5.74) is 3.63. The van der Waals surface area contributed by atoms with Crippen molar-refractivity contribution >= 4 is 11.9 Å². The molecular weight excluding hydrogens is 354 g/mol. The van der Waals surface area contributed by atoms with Crippen molar-refractivity contribution < 1.29 is 14.3 Å². The van der Waals surface area contributed by atoms with E-state index in [1.165, 1.54) is 5.56 Å². The Kier molecular flexibility index (Phi) is 6.17. The van der Waals surface area contributed by atoms with Crippen molar-refractivity contribution in [2.45, 2.75) is 46.5 Å². The van der Waals surface area contributed by atoms with Gasteiger partial charge in [0.15, 0.2) is 0 Å². The highest BCUT2D eigenvalue weighted by Crippen LogP contribution is 2.26. The lowest BCUT2D eigenvalue weighted by atomic mass is 9.97. The maximum atomic E-state index is 13.3. The number of amides is 1. The van der Waals surface area contributed by atoms with Gasteiger partial charge in [-0.25, -0.2) is 4.68 Å². The third kappa shape index (κ3) is 4.11. The van der Waals surface area contributed by atoms with Gasteiger partial charge in [-0.1, -0.05) is 31.5 Å². The molecule has 2 aromatic rings. The maximum Gasteiger partial charge on any atom is 0.310 e. The SMILES string of the molecule is CCOC(=O)[C@@H]1CCCN(C(=O)c2cnn(-c3ccc(C)cc3)c2C(C)C)C1. The van der Waals surface area contributed by atoms with Crippen LogP contribution in [-0.2, 0) is 9.53 Å². The van der Waals surface area contributed by atoms with Crippen LogP contribution in [0.3, 0.4) is 0 Å². The van der Waals surface area contributed by atoms with Gasteiger partial charge in [0.05, 0.1) is 35.7 Å². The van der Waals surface area contributed by atoms with Crippen molar-refractivity contribution in [1.82, 2.24) is 14.7 Å². The lowest BCUT2D eigenvalue weighted by Crippen LogP contribution is -2.43. The van der Waals surface area contributed by atoms with Gasteiger partial charge in [-0.15, -0.1) is 0 Å². The van der Waals surface area contributed by atoms with Gasteiger partial charge in [0.25, 0.3) is 5.91 Å². The molecule has 0 saturated carbocycles. The standard InChI is InChI=1S/C22H29N3O3/c1-5-28-22(27)17-7-6-12-24(14-17)21(26)19-13-23-25(20(19)15(2)3)18-10-8-16(4)9-11-18/h8-11,13,15,17H,5-7,12,14H2,1-4H3/t17-/m1/s1. The highest BCUT2D eigenvalue weighted by molar-refractivity contribution is 5.96. The number of carbonyl (C=O) groups is 2. The summed E-state index contributed by atoms with van der Waals surface area (Å²) in [6.07, 6.45) is 3.23. The molecule has 1 aliphatic rings. The minimum Gasteiger partial charge on any atom is -0.466 e. The largest absolute Gasteiger partial charge is 0.466 e. The molecule has 1 atom stereocenters. The van der Waals surface area contributed by atoms with Crippen molar-refractivity contribution in [3.05, 3.63) is 47.3 Å². The highest BCUT2D eigenvalue weighted by Gasteiger charge is 2.32. The quantitative estimate of drug-likeness (QED) is 0.738. The Morgan fingerprint density at radius 1 is 1.25 bits per heavy atom. The molecule has 0 aliphatic carbocycles. The number of aryl methyl sites for hydroxylation is 1. The molecule has 6 heteroatoms. The number of rotatable bonds is 5. The lowest BCUT2D eigenvalue weighted by Gasteiger charge is -2.31. The van der Waals surface area contributed by atoms with Gasteiger partial charge in [0.1, 0.15) is 0 Å². The van der Waals surface area contributed by atoms with E-state index in [-0.39, 0.29) is 23.7 Å². The average molecular weight is 383 g/mol. The van der Waals surface area contributed by atoms with E-state index < -0.39 is 0 Å². The fourth-order valence-electron chi connectivity index (χ4n) is 3.75. The summed E-state index contributed by atoms with van der Waals surface area (Å²) >= 11 is 0. The molecule has 6 nitrogen and oxygen atoms in total. The van der Waals surface area contributed by atoms with Crippen molar-refractivity contribution in [2.24, 2.45) is 5.92 Å². The van der Waals surface area contributed by atoms with E-state index in [2.05, 4.69) is 18.9 Å². The van der Waals surface area contributed by atoms with Crippen LogP contribution < -0.4 is 0 Å². The van der Waals surface area contributed by atoms with Gasteiger partial charge in [0.2, 0.25) is 0 Å². The number of likely N-dealkylation sites (tertiary alicyclic amines) is 1. The summed E-state index contributed by atoms with van der Waals surface area (Å²) in [5.74, 6) is -0.379. The van der Waals surface area contributed by atoms with Gasteiger partial charge in [0, 0.05) is 13.1 Å². The van der Waals surface area contributed by atoms with E-state index in [1.807, 2.05) is 35.9 Å². The average Bonchev–Trinajstić information content (AvgIpc) is 3.13. The summed E-state index contributed by atoms with van der Waals surface area (Å²) in [6.45, 7) is 9.41. The van der Waals surface area contributed by atoms with Gasteiger partial charge in [-0.3, -0.25) is 9.59 Å². The van der Waals surface area contributed by atoms with Gasteiger partial charge in [-0.05, 0) is 44.7 Å². The van der Waals surface area contributed by atoms with E-state index in [0.717, 1.165) is 24.2 Å². The first-order chi connectivity index (χ1) is 13.4. The van der Waals surface area contributed by atoms with Crippen LogP contribution >= 0.6 is 0 Å². The molecule has 0 N–H and O–H groups in total. The number of nitrogens with zero attached hydrogens (tertiary/aromatic N) is 3. The number of benzene rings is 1. The third-order valence-electron chi connectivity index (χ3n) is 5.19. The molecule has 1 amide bonds. The molecule has 0 spiro atoms. The second kappa shape index (κ2) is 8.59. The Hall–Kier alpha value is -2.63. The summed E-state index contributed by atoms with van der Waals surface area (Å²) in [5, 5.41) is 4.51. The fourth-order valence-corrected chi connectivity index (χ4v) is 3.75. The highest BCUT2D eigenvalue weighted by atomic mass is 16.5. The topological polar surface area (TPSA) is 64.4 Å². The summed E-state index contributed by atoms with van der Waals surface area (Å²) in [4.78, 5) is 27.2. The van der Waals surface area contributed by atoms with E-state index >= 15 is 0 Å². The number of carbonyl (C=O) groups excluding carboxylic acids is 2. The summed E-state index contributed by atoms with van der Waals surface area (Å²) in [7, 11) is 0. The van der Waals surface area contributed by atoms with Crippen LogP contribution in [0.4, 0.5) is 0 Å². The predicted octanol–water partition coefficient (Wildman–Crippen LogP) is 3.72. The monoisotopic (exact) mass is 383 g/mol. The fraction of sp³-hybridized carbons (Fsp3) is 0.500. The summed E-state index contributed by atoms with van der Waals surface area (Å²) < 4.78 is 7.01. The van der Waals surface area contributed by atoms with Crippen LogP contribution in [0.5, 0.6) is 0 Å². The molecular formula is C22H29N3O3. The van der Waals surface area contributed by atoms with E-state index in [0.29, 0.717) is 25.3 Å². The summed E-state index contributed by atoms with van der Waals surface area (Å²) in [6, 6.07) is 8.11. The predicted molar refractivity (Wildman–Crippen MR) is 108 cm³/mol. The zero-order chi connectivity index (χ0) is 20.3. The van der Waals surface area contributed by atoms with Crippen molar-refractivity contribution in [3.63, 3.8) is 0 Å². The van der Waals surface area contributed by atoms with E-state index in [4.69, 9.17) is 4.74 Å². The lowest BCUT2D eigenvalue weighted by molar-refractivity contribution is -0.149. The molecule has 1 aromatic carbocycles. The van der Waals surface area contributed by atoms with Crippen LogP contribution in [0.1, 0.15) is 61.1 Å². The molecule has 0 radical (unpaired) electrons. The first-order valence-electron chi connectivity index (χ1n) is 10.0. The number of esters is 1. The smallest absolute Gasteiger partial charge is 0.310 e. The second-order valence-electron chi connectivity index (χ2n) is 7.69. The number of hydrogen-bond acceptors (Lipinski definition) is 4. The van der Waals surface area contributed by atoms with Gasteiger partial charge >= 0.3 is 5.97 Å². The zero-order valence-corrected chi connectivity index (χ0v) is 17.1. The Morgan fingerprint density at radius 2 is 1.96 bits per heavy atom. The van der Waals surface area contributed by atoms with Gasteiger partial charge < -0.3 is 9.64 Å². The molecule has 3 rings (SSSR count). The third-order valence-corrected chi connectivity index (χ3v) is 5.19. The Morgan fingerprint density at radius 3 is 2.61 bits per heavy atom. The molecule has 1 aliphatic heterocycles. The number of hydrogen-bond donors (Lipinski definition) is 0. The maximum absolute atomic E-state index is 13.3.